The third-order valence-electron chi connectivity index (χ3n) is 3.33. The van der Waals surface area contributed by atoms with Gasteiger partial charge in [-0.05, 0) is 13.3 Å². The molecule has 1 rings (SSSR count). The number of piperazine rings is 1. The molecular formula is C12H29Cl2N3O. The van der Waals surface area contributed by atoms with Crippen molar-refractivity contribution < 1.29 is 4.74 Å². The Morgan fingerprint density at radius 3 is 2.44 bits per heavy atom. The predicted octanol–water partition coefficient (Wildman–Crippen LogP) is 1.22. The van der Waals surface area contributed by atoms with Gasteiger partial charge in [0.2, 0.25) is 0 Å². The molecule has 0 aliphatic carbocycles. The average molecular weight is 302 g/mol. The van der Waals surface area contributed by atoms with Crippen molar-refractivity contribution >= 4 is 24.8 Å². The molecule has 0 bridgehead atoms. The molecule has 0 spiro atoms. The van der Waals surface area contributed by atoms with E-state index in [0.717, 1.165) is 45.9 Å². The summed E-state index contributed by atoms with van der Waals surface area (Å²) in [4.78, 5) is 5.04. The van der Waals surface area contributed by atoms with Gasteiger partial charge in [0.15, 0.2) is 0 Å². The van der Waals surface area contributed by atoms with Gasteiger partial charge < -0.3 is 10.5 Å². The second-order valence-corrected chi connectivity index (χ2v) is 4.38. The van der Waals surface area contributed by atoms with Gasteiger partial charge in [-0.3, -0.25) is 9.80 Å². The van der Waals surface area contributed by atoms with Crippen LogP contribution >= 0.6 is 24.8 Å². The molecule has 0 radical (unpaired) electrons. The molecule has 1 aliphatic rings. The topological polar surface area (TPSA) is 41.7 Å². The summed E-state index contributed by atoms with van der Waals surface area (Å²) in [5.74, 6) is 0. The van der Waals surface area contributed by atoms with Crippen molar-refractivity contribution in [1.82, 2.24) is 9.80 Å². The quantitative estimate of drug-likeness (QED) is 0.718. The summed E-state index contributed by atoms with van der Waals surface area (Å²) < 4.78 is 5.43. The van der Waals surface area contributed by atoms with Crippen LogP contribution in [0.25, 0.3) is 0 Å². The highest BCUT2D eigenvalue weighted by Crippen LogP contribution is 2.11. The van der Waals surface area contributed by atoms with E-state index in [9.17, 15) is 0 Å². The van der Waals surface area contributed by atoms with E-state index >= 15 is 0 Å². The van der Waals surface area contributed by atoms with Crippen molar-refractivity contribution in [1.29, 1.82) is 0 Å². The molecule has 0 saturated carbocycles. The van der Waals surface area contributed by atoms with Gasteiger partial charge in [0.05, 0.1) is 6.61 Å². The number of ether oxygens (including phenoxy) is 1. The lowest BCUT2D eigenvalue weighted by Crippen LogP contribution is -2.54. The zero-order valence-electron chi connectivity index (χ0n) is 11.6. The third-order valence-corrected chi connectivity index (χ3v) is 3.33. The normalized spacial score (nSPS) is 21.2. The van der Waals surface area contributed by atoms with Crippen molar-refractivity contribution in [2.45, 2.75) is 26.3 Å². The largest absolute Gasteiger partial charge is 0.380 e. The maximum absolute atomic E-state index is 5.60. The number of nitrogens with zero attached hydrogens (tertiary/aromatic N) is 2. The smallest absolute Gasteiger partial charge is 0.0593 e. The Labute approximate surface area is 124 Å². The van der Waals surface area contributed by atoms with Crippen molar-refractivity contribution in [2.75, 3.05) is 52.5 Å². The maximum Gasteiger partial charge on any atom is 0.0593 e. The molecule has 1 unspecified atom stereocenters. The predicted molar refractivity (Wildman–Crippen MR) is 82.1 cm³/mol. The van der Waals surface area contributed by atoms with Gasteiger partial charge in [0.1, 0.15) is 0 Å². The molecule has 1 aliphatic heterocycles. The van der Waals surface area contributed by atoms with E-state index in [1.54, 1.807) is 0 Å². The second kappa shape index (κ2) is 12.5. The second-order valence-electron chi connectivity index (χ2n) is 4.38. The summed E-state index contributed by atoms with van der Waals surface area (Å²) >= 11 is 0. The molecule has 112 valence electrons. The molecular weight excluding hydrogens is 273 g/mol. The monoisotopic (exact) mass is 301 g/mol. The van der Waals surface area contributed by atoms with Crippen molar-refractivity contribution in [3.05, 3.63) is 0 Å². The first-order chi connectivity index (χ1) is 7.81. The number of nitrogens with two attached hydrogens (primary N) is 1. The summed E-state index contributed by atoms with van der Waals surface area (Å²) in [6.45, 7) is 12.4. The lowest BCUT2D eigenvalue weighted by molar-refractivity contribution is 0.0424. The van der Waals surface area contributed by atoms with Crippen LogP contribution in [0.3, 0.4) is 0 Å². The highest BCUT2D eigenvalue weighted by molar-refractivity contribution is 5.85. The summed E-state index contributed by atoms with van der Waals surface area (Å²) in [6, 6.07) is 0.681. The molecule has 0 aromatic heterocycles. The zero-order chi connectivity index (χ0) is 11.8. The van der Waals surface area contributed by atoms with Crippen molar-refractivity contribution in [2.24, 2.45) is 5.73 Å². The standard InChI is InChI=1S/C12H27N3O.2ClH/c1-3-12-11-14(6-5-13)7-8-15(12)9-10-16-4-2;;/h12H,3-11,13H2,1-2H3;2*1H. The van der Waals surface area contributed by atoms with Crippen LogP contribution in [0.15, 0.2) is 0 Å². The van der Waals surface area contributed by atoms with E-state index in [0.29, 0.717) is 6.04 Å². The first-order valence-corrected chi connectivity index (χ1v) is 6.56. The number of hydrogen-bond acceptors (Lipinski definition) is 4. The number of hydrogen-bond donors (Lipinski definition) is 1. The minimum absolute atomic E-state index is 0. The van der Waals surface area contributed by atoms with Crippen LogP contribution < -0.4 is 5.73 Å². The summed E-state index contributed by atoms with van der Waals surface area (Å²) in [5, 5.41) is 0. The number of halogens is 2. The first kappa shape index (κ1) is 20.7. The fraction of sp³-hybridized carbons (Fsp3) is 1.00. The van der Waals surface area contributed by atoms with Crippen molar-refractivity contribution in [3.63, 3.8) is 0 Å². The Balaban J connectivity index is 0. The van der Waals surface area contributed by atoms with Crippen LogP contribution in [0.1, 0.15) is 20.3 Å². The summed E-state index contributed by atoms with van der Waals surface area (Å²) in [6.07, 6.45) is 1.22. The average Bonchev–Trinajstić information content (AvgIpc) is 2.31. The molecule has 6 heteroatoms. The molecule has 0 aromatic carbocycles. The van der Waals surface area contributed by atoms with E-state index in [1.165, 1.54) is 13.0 Å². The molecule has 4 nitrogen and oxygen atoms in total. The van der Waals surface area contributed by atoms with Gasteiger partial charge in [0, 0.05) is 51.9 Å². The molecule has 0 amide bonds. The lowest BCUT2D eigenvalue weighted by atomic mass is 10.1. The van der Waals surface area contributed by atoms with E-state index in [1.807, 2.05) is 0 Å². The van der Waals surface area contributed by atoms with Gasteiger partial charge >= 0.3 is 0 Å². The van der Waals surface area contributed by atoms with Crippen LogP contribution in [-0.2, 0) is 4.74 Å². The summed E-state index contributed by atoms with van der Waals surface area (Å²) in [5.41, 5.74) is 5.60. The van der Waals surface area contributed by atoms with E-state index < -0.39 is 0 Å². The van der Waals surface area contributed by atoms with E-state index in [-0.39, 0.29) is 24.8 Å². The highest BCUT2D eigenvalue weighted by Gasteiger charge is 2.24. The van der Waals surface area contributed by atoms with Crippen LogP contribution in [0, 0.1) is 0 Å². The fourth-order valence-corrected chi connectivity index (χ4v) is 2.35. The molecule has 1 heterocycles. The molecule has 18 heavy (non-hydrogen) atoms. The maximum atomic E-state index is 5.60. The van der Waals surface area contributed by atoms with Crippen LogP contribution in [-0.4, -0.2) is 68.3 Å². The van der Waals surface area contributed by atoms with E-state index in [2.05, 4.69) is 23.6 Å². The van der Waals surface area contributed by atoms with Gasteiger partial charge in [-0.25, -0.2) is 0 Å². The molecule has 1 fully saturated rings. The van der Waals surface area contributed by atoms with Crippen molar-refractivity contribution in [3.8, 4) is 0 Å². The Hall–Kier alpha value is 0.420. The number of rotatable bonds is 7. The Bertz CT molecular complexity index is 187. The van der Waals surface area contributed by atoms with Gasteiger partial charge in [-0.1, -0.05) is 6.92 Å². The Morgan fingerprint density at radius 2 is 1.89 bits per heavy atom. The van der Waals surface area contributed by atoms with E-state index in [4.69, 9.17) is 10.5 Å². The van der Waals surface area contributed by atoms with Crippen LogP contribution in [0.4, 0.5) is 0 Å². The minimum atomic E-state index is 0. The van der Waals surface area contributed by atoms with Gasteiger partial charge in [0.25, 0.3) is 0 Å². The highest BCUT2D eigenvalue weighted by atomic mass is 35.5. The van der Waals surface area contributed by atoms with Gasteiger partial charge in [-0.15, -0.1) is 24.8 Å². The lowest BCUT2D eigenvalue weighted by Gasteiger charge is -2.41. The zero-order valence-corrected chi connectivity index (χ0v) is 13.3. The summed E-state index contributed by atoms with van der Waals surface area (Å²) in [7, 11) is 0. The van der Waals surface area contributed by atoms with Crippen LogP contribution in [0.5, 0.6) is 0 Å². The third kappa shape index (κ3) is 7.12. The SMILES string of the molecule is CCOCCN1CCN(CCN)CC1CC.Cl.Cl. The molecule has 0 aromatic rings. The molecule has 1 saturated heterocycles. The van der Waals surface area contributed by atoms with Crippen LogP contribution in [0.2, 0.25) is 0 Å². The Morgan fingerprint density at radius 1 is 1.17 bits per heavy atom. The molecule has 2 N–H and O–H groups in total. The van der Waals surface area contributed by atoms with Gasteiger partial charge in [-0.2, -0.15) is 0 Å². The molecule has 1 atom stereocenters. The first-order valence-electron chi connectivity index (χ1n) is 6.56. The minimum Gasteiger partial charge on any atom is -0.380 e. The fourth-order valence-electron chi connectivity index (χ4n) is 2.35. The Kier molecular flexibility index (Phi) is 14.3.